The number of carbonyl (C=O) groups is 1. The van der Waals surface area contributed by atoms with Gasteiger partial charge in [-0.25, -0.2) is 0 Å². The van der Waals surface area contributed by atoms with Gasteiger partial charge in [0.2, 0.25) is 5.91 Å². The van der Waals surface area contributed by atoms with E-state index in [2.05, 4.69) is 12.2 Å². The number of rotatable bonds is 6. The summed E-state index contributed by atoms with van der Waals surface area (Å²) in [7, 11) is 0. The molecule has 2 aromatic rings. The van der Waals surface area contributed by atoms with E-state index in [0.717, 1.165) is 29.9 Å². The van der Waals surface area contributed by atoms with Gasteiger partial charge in [0.25, 0.3) is 0 Å². The molecular formula is C21H25NO3. The second kappa shape index (κ2) is 8.06. The quantitative estimate of drug-likeness (QED) is 0.870. The monoisotopic (exact) mass is 339 g/mol. The lowest BCUT2D eigenvalue weighted by Crippen LogP contribution is -2.27. The topological polar surface area (TPSA) is 47.6 Å². The summed E-state index contributed by atoms with van der Waals surface area (Å²) in [6.07, 6.45) is 2.12. The summed E-state index contributed by atoms with van der Waals surface area (Å²) in [5.74, 6) is 1.63. The van der Waals surface area contributed by atoms with Gasteiger partial charge in [-0.15, -0.1) is 0 Å². The van der Waals surface area contributed by atoms with Gasteiger partial charge in [-0.1, -0.05) is 37.3 Å². The maximum atomic E-state index is 12.3. The highest BCUT2D eigenvalue weighted by molar-refractivity contribution is 5.76. The summed E-state index contributed by atoms with van der Waals surface area (Å²) < 4.78 is 11.3. The van der Waals surface area contributed by atoms with Crippen molar-refractivity contribution in [2.24, 2.45) is 0 Å². The highest BCUT2D eigenvalue weighted by Crippen LogP contribution is 2.35. The van der Waals surface area contributed by atoms with Gasteiger partial charge in [0.05, 0.1) is 6.04 Å². The molecule has 4 heteroatoms. The van der Waals surface area contributed by atoms with E-state index in [-0.39, 0.29) is 11.9 Å². The largest absolute Gasteiger partial charge is 0.486 e. The number of nitrogens with one attached hydrogen (secondary N) is 1. The maximum Gasteiger partial charge on any atom is 0.220 e. The van der Waals surface area contributed by atoms with E-state index in [9.17, 15) is 4.79 Å². The highest BCUT2D eigenvalue weighted by Gasteiger charge is 2.19. The molecular weight excluding hydrogens is 314 g/mol. The molecule has 0 aliphatic carbocycles. The smallest absolute Gasteiger partial charge is 0.220 e. The Balaban J connectivity index is 1.65. The van der Waals surface area contributed by atoms with Crippen molar-refractivity contribution in [2.45, 2.75) is 39.2 Å². The molecule has 0 aromatic heterocycles. The van der Waals surface area contributed by atoms with Crippen LogP contribution in [0.5, 0.6) is 11.5 Å². The maximum absolute atomic E-state index is 12.3. The molecule has 0 fully saturated rings. The standard InChI is InChI=1S/C21H25NO3/c1-3-17-13-19-20(25-12-11-24-19)14-18(17)15(2)22-21(23)10-9-16-7-5-4-6-8-16/h4-8,13-15H,3,9-12H2,1-2H3,(H,22,23)/t15-/m0/s1. The van der Waals surface area contributed by atoms with Crippen molar-refractivity contribution >= 4 is 5.91 Å². The number of ether oxygens (including phenoxy) is 2. The zero-order valence-corrected chi connectivity index (χ0v) is 14.9. The van der Waals surface area contributed by atoms with Crippen LogP contribution in [0.15, 0.2) is 42.5 Å². The summed E-state index contributed by atoms with van der Waals surface area (Å²) in [5, 5.41) is 3.11. The fourth-order valence-electron chi connectivity index (χ4n) is 3.15. The van der Waals surface area contributed by atoms with Crippen LogP contribution in [0.25, 0.3) is 0 Å². The van der Waals surface area contributed by atoms with E-state index in [1.54, 1.807) is 0 Å². The predicted molar refractivity (Wildman–Crippen MR) is 98.1 cm³/mol. The number of hydrogen-bond acceptors (Lipinski definition) is 3. The van der Waals surface area contributed by atoms with Crippen molar-refractivity contribution in [1.82, 2.24) is 5.32 Å². The number of fused-ring (bicyclic) bond motifs is 1. The molecule has 0 spiro atoms. The van der Waals surface area contributed by atoms with E-state index in [1.165, 1.54) is 11.1 Å². The van der Waals surface area contributed by atoms with Crippen molar-refractivity contribution in [3.63, 3.8) is 0 Å². The zero-order valence-electron chi connectivity index (χ0n) is 14.9. The molecule has 4 nitrogen and oxygen atoms in total. The third kappa shape index (κ3) is 4.32. The Morgan fingerprint density at radius 1 is 1.12 bits per heavy atom. The Morgan fingerprint density at radius 3 is 2.48 bits per heavy atom. The Hall–Kier alpha value is -2.49. The van der Waals surface area contributed by atoms with Crippen LogP contribution in [0.4, 0.5) is 0 Å². The number of aryl methyl sites for hydroxylation is 2. The molecule has 1 aliphatic heterocycles. The average Bonchev–Trinajstić information content (AvgIpc) is 2.66. The lowest BCUT2D eigenvalue weighted by molar-refractivity contribution is -0.121. The van der Waals surface area contributed by atoms with Gasteiger partial charge in [0.1, 0.15) is 13.2 Å². The molecule has 1 amide bonds. The highest BCUT2D eigenvalue weighted by atomic mass is 16.6. The van der Waals surface area contributed by atoms with Crippen LogP contribution in [0.3, 0.4) is 0 Å². The summed E-state index contributed by atoms with van der Waals surface area (Å²) in [6, 6.07) is 14.1. The zero-order chi connectivity index (χ0) is 17.6. The fraction of sp³-hybridized carbons (Fsp3) is 0.381. The summed E-state index contributed by atoms with van der Waals surface area (Å²) >= 11 is 0. The van der Waals surface area contributed by atoms with Gasteiger partial charge < -0.3 is 14.8 Å². The van der Waals surface area contributed by atoms with Gasteiger partial charge >= 0.3 is 0 Å². The van der Waals surface area contributed by atoms with Crippen molar-refractivity contribution in [3.05, 3.63) is 59.2 Å². The number of hydrogen-bond donors (Lipinski definition) is 1. The number of carbonyl (C=O) groups excluding carboxylic acids is 1. The van der Waals surface area contributed by atoms with Crippen LogP contribution in [0.1, 0.15) is 43.0 Å². The van der Waals surface area contributed by atoms with Crippen molar-refractivity contribution in [3.8, 4) is 11.5 Å². The van der Waals surface area contributed by atoms with Crippen LogP contribution in [-0.4, -0.2) is 19.1 Å². The van der Waals surface area contributed by atoms with Crippen LogP contribution >= 0.6 is 0 Å². The van der Waals surface area contributed by atoms with Gasteiger partial charge in [-0.05, 0) is 48.6 Å². The van der Waals surface area contributed by atoms with Crippen molar-refractivity contribution < 1.29 is 14.3 Å². The minimum Gasteiger partial charge on any atom is -0.486 e. The molecule has 2 aromatic carbocycles. The fourth-order valence-corrected chi connectivity index (χ4v) is 3.15. The van der Waals surface area contributed by atoms with E-state index in [1.807, 2.05) is 49.4 Å². The van der Waals surface area contributed by atoms with E-state index >= 15 is 0 Å². The molecule has 0 radical (unpaired) electrons. The van der Waals surface area contributed by atoms with Gasteiger partial charge in [-0.2, -0.15) is 0 Å². The summed E-state index contributed by atoms with van der Waals surface area (Å²) in [6.45, 7) is 5.28. The van der Waals surface area contributed by atoms with Crippen LogP contribution in [-0.2, 0) is 17.6 Å². The molecule has 1 heterocycles. The van der Waals surface area contributed by atoms with Crippen LogP contribution in [0.2, 0.25) is 0 Å². The van der Waals surface area contributed by atoms with Crippen molar-refractivity contribution in [2.75, 3.05) is 13.2 Å². The molecule has 0 saturated carbocycles. The van der Waals surface area contributed by atoms with Crippen molar-refractivity contribution in [1.29, 1.82) is 0 Å². The lowest BCUT2D eigenvalue weighted by atomic mass is 9.98. The second-order valence-electron chi connectivity index (χ2n) is 6.32. The Labute approximate surface area is 149 Å². The molecule has 25 heavy (non-hydrogen) atoms. The first-order chi connectivity index (χ1) is 12.2. The van der Waals surface area contributed by atoms with E-state index in [4.69, 9.17) is 9.47 Å². The normalized spacial score (nSPS) is 14.0. The third-order valence-corrected chi connectivity index (χ3v) is 4.51. The first kappa shape index (κ1) is 17.3. The molecule has 0 bridgehead atoms. The van der Waals surface area contributed by atoms with E-state index < -0.39 is 0 Å². The average molecular weight is 339 g/mol. The molecule has 1 aliphatic rings. The molecule has 1 atom stereocenters. The number of amides is 1. The minimum atomic E-state index is -0.0611. The third-order valence-electron chi connectivity index (χ3n) is 4.51. The first-order valence-electron chi connectivity index (χ1n) is 8.93. The molecule has 1 N–H and O–H groups in total. The van der Waals surface area contributed by atoms with E-state index in [0.29, 0.717) is 19.6 Å². The minimum absolute atomic E-state index is 0.0611. The van der Waals surface area contributed by atoms with Crippen LogP contribution in [0, 0.1) is 0 Å². The van der Waals surface area contributed by atoms with Gasteiger partial charge in [0, 0.05) is 6.42 Å². The molecule has 3 rings (SSSR count). The summed E-state index contributed by atoms with van der Waals surface area (Å²) in [4.78, 5) is 12.3. The molecule has 0 saturated heterocycles. The summed E-state index contributed by atoms with van der Waals surface area (Å²) in [5.41, 5.74) is 3.46. The van der Waals surface area contributed by atoms with Crippen LogP contribution < -0.4 is 14.8 Å². The molecule has 132 valence electrons. The SMILES string of the molecule is CCc1cc2c(cc1[C@H](C)NC(=O)CCc1ccccc1)OCCO2. The first-order valence-corrected chi connectivity index (χ1v) is 8.93. The Kier molecular flexibility index (Phi) is 5.59. The Bertz CT molecular complexity index is 727. The van der Waals surface area contributed by atoms with Gasteiger partial charge in [0.15, 0.2) is 11.5 Å². The predicted octanol–water partition coefficient (Wildman–Crippen LogP) is 3.83. The Morgan fingerprint density at radius 2 is 1.80 bits per heavy atom. The second-order valence-corrected chi connectivity index (χ2v) is 6.32. The molecule has 0 unspecified atom stereocenters. The number of benzene rings is 2. The van der Waals surface area contributed by atoms with Gasteiger partial charge in [-0.3, -0.25) is 4.79 Å². The lowest BCUT2D eigenvalue weighted by Gasteiger charge is -2.24.